The minimum atomic E-state index is -1.11. The quantitative estimate of drug-likeness (QED) is 0.494. The standard InChI is InChI=1S/C7H5N3O2/c8-4-9-6-3-1-2-5(10-6)7(11)12/h1-3H,(H,9,10)(H,11,12). The van der Waals surface area contributed by atoms with Crippen LogP contribution in [-0.4, -0.2) is 16.1 Å². The second kappa shape index (κ2) is 3.34. The molecule has 0 radical (unpaired) electrons. The number of pyridine rings is 1. The van der Waals surface area contributed by atoms with Gasteiger partial charge in [0.15, 0.2) is 11.9 Å². The first-order chi connectivity index (χ1) is 5.74. The Morgan fingerprint density at radius 3 is 3.00 bits per heavy atom. The van der Waals surface area contributed by atoms with E-state index in [2.05, 4.69) is 10.3 Å². The number of anilines is 1. The van der Waals surface area contributed by atoms with Crippen molar-refractivity contribution < 1.29 is 9.90 Å². The van der Waals surface area contributed by atoms with Crippen LogP contribution >= 0.6 is 0 Å². The minimum Gasteiger partial charge on any atom is -0.477 e. The Balaban J connectivity index is 2.97. The molecule has 0 unspecified atom stereocenters. The number of nitriles is 1. The van der Waals surface area contributed by atoms with Gasteiger partial charge < -0.3 is 5.11 Å². The summed E-state index contributed by atoms with van der Waals surface area (Å²) >= 11 is 0. The van der Waals surface area contributed by atoms with E-state index in [1.54, 1.807) is 6.19 Å². The Morgan fingerprint density at radius 2 is 2.42 bits per heavy atom. The number of carboxylic acids is 1. The summed E-state index contributed by atoms with van der Waals surface area (Å²) in [5.74, 6) is -0.881. The first-order valence-electron chi connectivity index (χ1n) is 3.09. The monoisotopic (exact) mass is 163 g/mol. The summed E-state index contributed by atoms with van der Waals surface area (Å²) < 4.78 is 0. The van der Waals surface area contributed by atoms with Crippen LogP contribution < -0.4 is 5.32 Å². The molecule has 0 spiro atoms. The van der Waals surface area contributed by atoms with Crippen LogP contribution in [0.3, 0.4) is 0 Å². The number of nitrogens with zero attached hydrogens (tertiary/aromatic N) is 2. The third kappa shape index (κ3) is 1.70. The summed E-state index contributed by atoms with van der Waals surface area (Å²) in [4.78, 5) is 14.0. The van der Waals surface area contributed by atoms with Crippen molar-refractivity contribution in [2.24, 2.45) is 0 Å². The van der Waals surface area contributed by atoms with Gasteiger partial charge in [0.05, 0.1) is 0 Å². The maximum Gasteiger partial charge on any atom is 0.354 e. The lowest BCUT2D eigenvalue weighted by molar-refractivity contribution is 0.0690. The molecule has 60 valence electrons. The Labute approximate surface area is 68.3 Å². The lowest BCUT2D eigenvalue weighted by Gasteiger charge is -1.96. The summed E-state index contributed by atoms with van der Waals surface area (Å²) in [6, 6.07) is 4.37. The first kappa shape index (κ1) is 8.01. The average Bonchev–Trinajstić information content (AvgIpc) is 2.05. The number of aromatic nitrogens is 1. The summed E-state index contributed by atoms with van der Waals surface area (Å²) in [6.45, 7) is 0. The van der Waals surface area contributed by atoms with Gasteiger partial charge >= 0.3 is 5.97 Å². The van der Waals surface area contributed by atoms with E-state index in [0.717, 1.165) is 0 Å². The number of rotatable bonds is 2. The Hall–Kier alpha value is -2.09. The van der Waals surface area contributed by atoms with Gasteiger partial charge in [-0.2, -0.15) is 5.26 Å². The fraction of sp³-hybridized carbons (Fsp3) is 0. The van der Waals surface area contributed by atoms with Crippen molar-refractivity contribution >= 4 is 11.8 Å². The van der Waals surface area contributed by atoms with E-state index in [1.165, 1.54) is 18.2 Å². The highest BCUT2D eigenvalue weighted by Gasteiger charge is 2.03. The van der Waals surface area contributed by atoms with Crippen molar-refractivity contribution in [3.63, 3.8) is 0 Å². The molecule has 0 amide bonds. The maximum absolute atomic E-state index is 10.4. The zero-order valence-corrected chi connectivity index (χ0v) is 5.98. The van der Waals surface area contributed by atoms with Crippen molar-refractivity contribution in [2.45, 2.75) is 0 Å². The van der Waals surface area contributed by atoms with Crippen LogP contribution in [0, 0.1) is 11.5 Å². The molecule has 0 bridgehead atoms. The molecule has 0 fully saturated rings. The van der Waals surface area contributed by atoms with Gasteiger partial charge in [-0.1, -0.05) is 6.07 Å². The number of carbonyl (C=O) groups is 1. The van der Waals surface area contributed by atoms with E-state index in [-0.39, 0.29) is 11.5 Å². The maximum atomic E-state index is 10.4. The number of aromatic carboxylic acids is 1. The third-order valence-corrected chi connectivity index (χ3v) is 1.15. The Bertz CT molecular complexity index is 343. The predicted octanol–water partition coefficient (Wildman–Crippen LogP) is 0.673. The van der Waals surface area contributed by atoms with Gasteiger partial charge in [0.1, 0.15) is 5.82 Å². The summed E-state index contributed by atoms with van der Waals surface area (Å²) in [7, 11) is 0. The van der Waals surface area contributed by atoms with Crippen molar-refractivity contribution in [1.29, 1.82) is 5.26 Å². The first-order valence-corrected chi connectivity index (χ1v) is 3.09. The molecule has 0 saturated heterocycles. The SMILES string of the molecule is N#CNc1cccc(C(=O)O)n1. The Morgan fingerprint density at radius 1 is 1.67 bits per heavy atom. The van der Waals surface area contributed by atoms with Gasteiger partial charge in [0.2, 0.25) is 0 Å². The van der Waals surface area contributed by atoms with E-state index in [0.29, 0.717) is 0 Å². The largest absolute Gasteiger partial charge is 0.477 e. The molecular weight excluding hydrogens is 158 g/mol. The highest BCUT2D eigenvalue weighted by molar-refractivity contribution is 5.85. The van der Waals surface area contributed by atoms with Crippen LogP contribution in [0.2, 0.25) is 0 Å². The normalized spacial score (nSPS) is 8.58. The smallest absolute Gasteiger partial charge is 0.354 e. The third-order valence-electron chi connectivity index (χ3n) is 1.15. The molecule has 1 aromatic rings. The number of hydrogen-bond acceptors (Lipinski definition) is 4. The van der Waals surface area contributed by atoms with Crippen LogP contribution in [0.1, 0.15) is 10.5 Å². The zero-order valence-electron chi connectivity index (χ0n) is 5.98. The molecule has 0 aliphatic heterocycles. The van der Waals surface area contributed by atoms with E-state index < -0.39 is 5.97 Å². The molecule has 0 aromatic carbocycles. The highest BCUT2D eigenvalue weighted by atomic mass is 16.4. The molecule has 1 aromatic heterocycles. The van der Waals surface area contributed by atoms with E-state index in [4.69, 9.17) is 10.4 Å². The van der Waals surface area contributed by atoms with Gasteiger partial charge in [-0.25, -0.2) is 9.78 Å². The number of hydrogen-bond donors (Lipinski definition) is 2. The van der Waals surface area contributed by atoms with Crippen molar-refractivity contribution in [3.05, 3.63) is 23.9 Å². The summed E-state index contributed by atoms with van der Waals surface area (Å²) in [6.07, 6.45) is 1.64. The van der Waals surface area contributed by atoms with Crippen LogP contribution in [-0.2, 0) is 0 Å². The van der Waals surface area contributed by atoms with Gasteiger partial charge in [-0.15, -0.1) is 0 Å². The molecule has 5 heteroatoms. The summed E-state index contributed by atoms with van der Waals surface area (Å²) in [5, 5.41) is 18.9. The van der Waals surface area contributed by atoms with Crippen molar-refractivity contribution in [2.75, 3.05) is 5.32 Å². The predicted molar refractivity (Wildman–Crippen MR) is 40.4 cm³/mol. The fourth-order valence-electron chi connectivity index (χ4n) is 0.681. The van der Waals surface area contributed by atoms with Crippen LogP contribution in [0.4, 0.5) is 5.82 Å². The molecule has 0 aliphatic carbocycles. The van der Waals surface area contributed by atoms with E-state index in [9.17, 15) is 4.79 Å². The lowest BCUT2D eigenvalue weighted by atomic mass is 10.3. The molecule has 12 heavy (non-hydrogen) atoms. The van der Waals surface area contributed by atoms with Gasteiger partial charge in [0, 0.05) is 0 Å². The fourth-order valence-corrected chi connectivity index (χ4v) is 0.681. The molecule has 0 aliphatic rings. The molecule has 1 heterocycles. The molecule has 2 N–H and O–H groups in total. The number of carboxylic acid groups (broad SMARTS) is 1. The van der Waals surface area contributed by atoms with Crippen molar-refractivity contribution in [1.82, 2.24) is 4.98 Å². The lowest BCUT2D eigenvalue weighted by Crippen LogP contribution is -2.01. The van der Waals surface area contributed by atoms with E-state index >= 15 is 0 Å². The zero-order chi connectivity index (χ0) is 8.97. The van der Waals surface area contributed by atoms with E-state index in [1.807, 2.05) is 0 Å². The van der Waals surface area contributed by atoms with Crippen LogP contribution in [0.5, 0.6) is 0 Å². The minimum absolute atomic E-state index is 0.0877. The van der Waals surface area contributed by atoms with Gasteiger partial charge in [-0.05, 0) is 12.1 Å². The topological polar surface area (TPSA) is 86.0 Å². The molecule has 1 rings (SSSR count). The molecular formula is C7H5N3O2. The van der Waals surface area contributed by atoms with Gasteiger partial charge in [0.25, 0.3) is 0 Å². The van der Waals surface area contributed by atoms with Gasteiger partial charge in [-0.3, -0.25) is 5.32 Å². The average molecular weight is 163 g/mol. The van der Waals surface area contributed by atoms with Crippen molar-refractivity contribution in [3.8, 4) is 6.19 Å². The molecule has 0 saturated carbocycles. The summed E-state index contributed by atoms with van der Waals surface area (Å²) in [5.41, 5.74) is -0.0877. The second-order valence-corrected chi connectivity index (χ2v) is 1.95. The van der Waals surface area contributed by atoms with Crippen LogP contribution in [0.25, 0.3) is 0 Å². The Kier molecular flexibility index (Phi) is 2.23. The van der Waals surface area contributed by atoms with Crippen LogP contribution in [0.15, 0.2) is 18.2 Å². The molecule has 5 nitrogen and oxygen atoms in total. The second-order valence-electron chi connectivity index (χ2n) is 1.95. The highest BCUT2D eigenvalue weighted by Crippen LogP contribution is 2.03. The number of nitrogens with one attached hydrogen (secondary N) is 1. The molecule has 0 atom stereocenters.